The van der Waals surface area contributed by atoms with Crippen LogP contribution in [-0.2, 0) is 4.79 Å². The summed E-state index contributed by atoms with van der Waals surface area (Å²) in [6.45, 7) is 3.92. The molecule has 2 aromatic rings. The van der Waals surface area contributed by atoms with Crippen LogP contribution in [0.15, 0.2) is 41.5 Å². The van der Waals surface area contributed by atoms with Gasteiger partial charge in [0.25, 0.3) is 11.8 Å². The fourth-order valence-electron chi connectivity index (χ4n) is 2.62. The summed E-state index contributed by atoms with van der Waals surface area (Å²) in [6, 6.07) is 8.97. The molecule has 3 N–H and O–H groups in total. The molecule has 0 saturated carbocycles. The molecule has 7 nitrogen and oxygen atoms in total. The van der Waals surface area contributed by atoms with Crippen molar-refractivity contribution >= 4 is 52.2 Å². The van der Waals surface area contributed by atoms with Crippen molar-refractivity contribution in [3.63, 3.8) is 0 Å². The largest absolute Gasteiger partial charge is 0.504 e. The van der Waals surface area contributed by atoms with Gasteiger partial charge >= 0.3 is 0 Å². The van der Waals surface area contributed by atoms with Gasteiger partial charge in [0.1, 0.15) is 6.04 Å². The number of aromatic hydroxyl groups is 1. The summed E-state index contributed by atoms with van der Waals surface area (Å²) in [5.41, 5.74) is 3.51. The third-order valence-corrected chi connectivity index (χ3v) is 5.17. The van der Waals surface area contributed by atoms with Gasteiger partial charge in [0.05, 0.1) is 16.9 Å². The van der Waals surface area contributed by atoms with Crippen LogP contribution in [0.1, 0.15) is 36.2 Å². The van der Waals surface area contributed by atoms with E-state index in [0.717, 1.165) is 0 Å². The molecule has 0 aliphatic rings. The van der Waals surface area contributed by atoms with Crippen LogP contribution in [0.3, 0.4) is 0 Å². The molecule has 0 aliphatic carbocycles. The Morgan fingerprint density at radius 3 is 2.53 bits per heavy atom. The van der Waals surface area contributed by atoms with Crippen molar-refractivity contribution < 1.29 is 19.4 Å². The van der Waals surface area contributed by atoms with Crippen LogP contribution in [-0.4, -0.2) is 36.3 Å². The highest BCUT2D eigenvalue weighted by molar-refractivity contribution is 14.1. The normalized spacial score (nSPS) is 12.1. The van der Waals surface area contributed by atoms with Gasteiger partial charge in [-0.3, -0.25) is 9.59 Å². The number of hydrogen-bond donors (Lipinski definition) is 3. The topological polar surface area (TPSA) is 100 Å². The van der Waals surface area contributed by atoms with Gasteiger partial charge in [-0.05, 0) is 76.9 Å². The number of phenols is 1. The van der Waals surface area contributed by atoms with Crippen molar-refractivity contribution in [1.29, 1.82) is 0 Å². The summed E-state index contributed by atoms with van der Waals surface area (Å²) in [5, 5.41) is 17.1. The SMILES string of the molecule is COc1cc(/C=N/NC(=O)C(CC(C)C)NC(=O)c2ccc(Cl)cc2)cc(I)c1O. The number of carbonyl (C=O) groups excluding carboxylic acids is 2. The van der Waals surface area contributed by atoms with Crippen molar-refractivity contribution in [3.8, 4) is 11.5 Å². The van der Waals surface area contributed by atoms with E-state index in [9.17, 15) is 14.7 Å². The standard InChI is InChI=1S/C21H23ClIN3O4/c1-12(2)8-17(25-20(28)14-4-6-15(22)7-5-14)21(29)26-24-11-13-9-16(23)19(27)18(10-13)30-3/h4-7,9-12,17,27H,8H2,1-3H3,(H,25,28)(H,26,29)/b24-11+. The summed E-state index contributed by atoms with van der Waals surface area (Å²) >= 11 is 7.83. The molecule has 0 aromatic heterocycles. The van der Waals surface area contributed by atoms with E-state index in [2.05, 4.69) is 15.8 Å². The van der Waals surface area contributed by atoms with Crippen LogP contribution in [0.25, 0.3) is 0 Å². The summed E-state index contributed by atoms with van der Waals surface area (Å²) < 4.78 is 5.70. The van der Waals surface area contributed by atoms with Crippen molar-refractivity contribution in [2.45, 2.75) is 26.3 Å². The first kappa shape index (κ1) is 23.9. The van der Waals surface area contributed by atoms with Gasteiger partial charge in [0, 0.05) is 10.6 Å². The molecule has 0 bridgehead atoms. The fraction of sp³-hybridized carbons (Fsp3) is 0.286. The van der Waals surface area contributed by atoms with Gasteiger partial charge in [-0.15, -0.1) is 0 Å². The molecule has 1 unspecified atom stereocenters. The van der Waals surface area contributed by atoms with Crippen LogP contribution in [0.2, 0.25) is 5.02 Å². The molecule has 30 heavy (non-hydrogen) atoms. The molecule has 2 aromatic carbocycles. The Labute approximate surface area is 194 Å². The number of benzene rings is 2. The Morgan fingerprint density at radius 1 is 1.27 bits per heavy atom. The highest BCUT2D eigenvalue weighted by Crippen LogP contribution is 2.31. The van der Waals surface area contributed by atoms with Gasteiger partial charge < -0.3 is 15.2 Å². The van der Waals surface area contributed by atoms with Gasteiger partial charge in [-0.2, -0.15) is 5.10 Å². The van der Waals surface area contributed by atoms with Crippen molar-refractivity contribution in [3.05, 3.63) is 56.1 Å². The molecule has 0 aliphatic heterocycles. The molecule has 2 amide bonds. The molecule has 9 heteroatoms. The molecule has 0 spiro atoms. The summed E-state index contributed by atoms with van der Waals surface area (Å²) in [7, 11) is 1.45. The Bertz CT molecular complexity index is 933. The number of nitrogens with one attached hydrogen (secondary N) is 2. The Kier molecular flexibility index (Phi) is 8.91. The smallest absolute Gasteiger partial charge is 0.262 e. The van der Waals surface area contributed by atoms with Crippen molar-refractivity contribution in [2.24, 2.45) is 11.0 Å². The molecule has 0 radical (unpaired) electrons. The molecule has 160 valence electrons. The number of halogens is 2. The number of carbonyl (C=O) groups is 2. The maximum absolute atomic E-state index is 12.6. The molecule has 1 atom stereocenters. The molecule has 2 rings (SSSR count). The third-order valence-electron chi connectivity index (χ3n) is 4.09. The molecular formula is C21H23ClIN3O4. The third kappa shape index (κ3) is 6.88. The number of hydrogen-bond acceptors (Lipinski definition) is 5. The Morgan fingerprint density at radius 2 is 1.93 bits per heavy atom. The average molecular weight is 544 g/mol. The first-order valence-corrected chi connectivity index (χ1v) is 10.6. The van der Waals surface area contributed by atoms with Gasteiger partial charge in [-0.1, -0.05) is 25.4 Å². The van der Waals surface area contributed by atoms with Crippen molar-refractivity contribution in [2.75, 3.05) is 7.11 Å². The molecule has 0 fully saturated rings. The molecule has 0 saturated heterocycles. The minimum atomic E-state index is -0.750. The van der Waals surface area contributed by atoms with Crippen LogP contribution in [0, 0.1) is 9.49 Å². The number of rotatable bonds is 8. The number of nitrogens with zero attached hydrogens (tertiary/aromatic N) is 1. The number of phenolic OH excluding ortho intramolecular Hbond substituents is 1. The summed E-state index contributed by atoms with van der Waals surface area (Å²) in [6.07, 6.45) is 1.89. The first-order valence-electron chi connectivity index (χ1n) is 9.17. The minimum Gasteiger partial charge on any atom is -0.504 e. The summed E-state index contributed by atoms with van der Waals surface area (Å²) in [4.78, 5) is 25.1. The number of methoxy groups -OCH3 is 1. The zero-order valence-electron chi connectivity index (χ0n) is 16.8. The van der Waals surface area contributed by atoms with Gasteiger partial charge in [-0.25, -0.2) is 5.43 Å². The maximum Gasteiger partial charge on any atom is 0.262 e. The number of ether oxygens (including phenoxy) is 1. The van der Waals surface area contributed by atoms with E-state index in [1.807, 2.05) is 36.4 Å². The second-order valence-electron chi connectivity index (χ2n) is 6.95. The highest BCUT2D eigenvalue weighted by atomic mass is 127. The minimum absolute atomic E-state index is 0.0428. The van der Waals surface area contributed by atoms with Crippen molar-refractivity contribution in [1.82, 2.24) is 10.7 Å². The van der Waals surface area contributed by atoms with Crippen LogP contribution < -0.4 is 15.5 Å². The van der Waals surface area contributed by atoms with Crippen LogP contribution in [0.4, 0.5) is 0 Å². The predicted molar refractivity (Wildman–Crippen MR) is 125 cm³/mol. The summed E-state index contributed by atoms with van der Waals surface area (Å²) in [5.74, 6) is -0.265. The van der Waals surface area contributed by atoms with E-state index in [-0.39, 0.29) is 17.6 Å². The van der Waals surface area contributed by atoms with Crippen LogP contribution >= 0.6 is 34.2 Å². The lowest BCUT2D eigenvalue weighted by Gasteiger charge is -2.19. The zero-order chi connectivity index (χ0) is 22.3. The lowest BCUT2D eigenvalue weighted by Crippen LogP contribution is -2.46. The van der Waals surface area contributed by atoms with Gasteiger partial charge in [0.2, 0.25) is 0 Å². The van der Waals surface area contributed by atoms with E-state index in [1.54, 1.807) is 36.4 Å². The molecule has 0 heterocycles. The maximum atomic E-state index is 12.6. The molecular weight excluding hydrogens is 521 g/mol. The van der Waals surface area contributed by atoms with E-state index in [4.69, 9.17) is 16.3 Å². The van der Waals surface area contributed by atoms with E-state index in [1.165, 1.54) is 13.3 Å². The number of hydrazone groups is 1. The first-order chi connectivity index (χ1) is 14.2. The van der Waals surface area contributed by atoms with Gasteiger partial charge in [0.15, 0.2) is 11.5 Å². The monoisotopic (exact) mass is 543 g/mol. The van der Waals surface area contributed by atoms with E-state index < -0.39 is 11.9 Å². The van der Waals surface area contributed by atoms with E-state index >= 15 is 0 Å². The number of amides is 2. The second-order valence-corrected chi connectivity index (χ2v) is 8.55. The lowest BCUT2D eigenvalue weighted by molar-refractivity contribution is -0.123. The van der Waals surface area contributed by atoms with Crippen LogP contribution in [0.5, 0.6) is 11.5 Å². The predicted octanol–water partition coefficient (Wildman–Crippen LogP) is 3.95. The zero-order valence-corrected chi connectivity index (χ0v) is 19.7. The average Bonchev–Trinajstić information content (AvgIpc) is 2.69. The fourth-order valence-corrected chi connectivity index (χ4v) is 3.37. The Hall–Kier alpha value is -2.33. The Balaban J connectivity index is 2.08. The van der Waals surface area contributed by atoms with E-state index in [0.29, 0.717) is 31.9 Å². The quantitative estimate of drug-likeness (QED) is 0.267. The lowest BCUT2D eigenvalue weighted by atomic mass is 10.0. The highest BCUT2D eigenvalue weighted by Gasteiger charge is 2.22. The second kappa shape index (κ2) is 11.2.